The number of nitrogens with zero attached hydrogens (tertiary/aromatic N) is 1. The summed E-state index contributed by atoms with van der Waals surface area (Å²) in [5, 5.41) is 18.6. The number of rotatable bonds is 4. The summed E-state index contributed by atoms with van der Waals surface area (Å²) in [4.78, 5) is 13.4. The van der Waals surface area contributed by atoms with Gasteiger partial charge in [0.25, 0.3) is 0 Å². The number of phenolic OH excluding ortho intramolecular Hbond substituents is 1. The molecule has 0 saturated carbocycles. The molecule has 0 aromatic heterocycles. The number of piperidine rings is 1. The first-order valence-corrected chi connectivity index (χ1v) is 6.84. The molecule has 2 unspecified atom stereocenters. The first-order chi connectivity index (χ1) is 9.08. The minimum Gasteiger partial charge on any atom is -0.508 e. The van der Waals surface area contributed by atoms with Crippen LogP contribution in [-0.4, -0.2) is 39.7 Å². The van der Waals surface area contributed by atoms with Gasteiger partial charge in [0.15, 0.2) is 0 Å². The zero-order valence-electron chi connectivity index (χ0n) is 11.2. The zero-order chi connectivity index (χ0) is 13.8. The second-order valence-electron chi connectivity index (χ2n) is 5.31. The van der Waals surface area contributed by atoms with Gasteiger partial charge in [-0.1, -0.05) is 18.6 Å². The highest BCUT2D eigenvalue weighted by molar-refractivity contribution is 5.73. The Hall–Kier alpha value is -1.55. The fourth-order valence-corrected chi connectivity index (χ4v) is 2.84. The SMILES string of the molecule is CC(Cc1ccc(O)cc1)N1CCCCC1C(=O)O. The Morgan fingerprint density at radius 3 is 2.68 bits per heavy atom. The van der Waals surface area contributed by atoms with E-state index in [9.17, 15) is 15.0 Å². The number of aromatic hydroxyl groups is 1. The Balaban J connectivity index is 2.03. The molecule has 0 bridgehead atoms. The van der Waals surface area contributed by atoms with Gasteiger partial charge in [-0.15, -0.1) is 0 Å². The molecule has 2 rings (SSSR count). The predicted octanol–water partition coefficient (Wildman–Crippen LogP) is 2.26. The molecule has 1 saturated heterocycles. The molecule has 4 heteroatoms. The van der Waals surface area contributed by atoms with E-state index in [1.807, 2.05) is 12.1 Å². The second-order valence-corrected chi connectivity index (χ2v) is 5.31. The number of aliphatic carboxylic acids is 1. The Bertz CT molecular complexity index is 430. The lowest BCUT2D eigenvalue weighted by atomic mass is 9.97. The lowest BCUT2D eigenvalue weighted by Crippen LogP contribution is -2.49. The van der Waals surface area contributed by atoms with E-state index in [-0.39, 0.29) is 17.8 Å². The Morgan fingerprint density at radius 2 is 2.05 bits per heavy atom. The minimum absolute atomic E-state index is 0.200. The smallest absolute Gasteiger partial charge is 0.320 e. The van der Waals surface area contributed by atoms with Crippen LogP contribution in [0.2, 0.25) is 0 Å². The molecule has 0 amide bonds. The van der Waals surface area contributed by atoms with Crippen LogP contribution in [0.15, 0.2) is 24.3 Å². The van der Waals surface area contributed by atoms with Crippen molar-refractivity contribution in [3.05, 3.63) is 29.8 Å². The van der Waals surface area contributed by atoms with Crippen molar-refractivity contribution < 1.29 is 15.0 Å². The molecule has 0 radical (unpaired) electrons. The van der Waals surface area contributed by atoms with Crippen molar-refractivity contribution >= 4 is 5.97 Å². The van der Waals surface area contributed by atoms with Crippen LogP contribution in [0.4, 0.5) is 0 Å². The molecular weight excluding hydrogens is 242 g/mol. The van der Waals surface area contributed by atoms with Crippen LogP contribution >= 0.6 is 0 Å². The standard InChI is InChI=1S/C15H21NO3/c1-11(10-12-5-7-13(17)8-6-12)16-9-3-2-4-14(16)15(18)19/h5-8,11,14,17H,2-4,9-10H2,1H3,(H,18,19). The van der Waals surface area contributed by atoms with Gasteiger partial charge in [-0.2, -0.15) is 0 Å². The molecule has 1 aromatic rings. The summed E-state index contributed by atoms with van der Waals surface area (Å²) in [6.45, 7) is 2.93. The van der Waals surface area contributed by atoms with Crippen LogP contribution in [0, 0.1) is 0 Å². The van der Waals surface area contributed by atoms with Crippen LogP contribution in [-0.2, 0) is 11.2 Å². The topological polar surface area (TPSA) is 60.8 Å². The Kier molecular flexibility index (Phi) is 4.43. The first kappa shape index (κ1) is 13.9. The van der Waals surface area contributed by atoms with E-state index in [2.05, 4.69) is 11.8 Å². The van der Waals surface area contributed by atoms with Gasteiger partial charge in [-0.05, 0) is 50.4 Å². The lowest BCUT2D eigenvalue weighted by molar-refractivity contribution is -0.145. The fourth-order valence-electron chi connectivity index (χ4n) is 2.84. The predicted molar refractivity (Wildman–Crippen MR) is 73.3 cm³/mol. The molecule has 1 aliphatic heterocycles. The molecule has 2 N–H and O–H groups in total. The molecule has 19 heavy (non-hydrogen) atoms. The number of phenols is 1. The minimum atomic E-state index is -0.711. The third-order valence-corrected chi connectivity index (χ3v) is 3.86. The maximum Gasteiger partial charge on any atom is 0.320 e. The maximum atomic E-state index is 11.3. The largest absolute Gasteiger partial charge is 0.508 e. The van der Waals surface area contributed by atoms with Gasteiger partial charge in [0, 0.05) is 6.04 Å². The van der Waals surface area contributed by atoms with Crippen molar-refractivity contribution in [2.24, 2.45) is 0 Å². The summed E-state index contributed by atoms with van der Waals surface area (Å²) in [6.07, 6.45) is 3.63. The summed E-state index contributed by atoms with van der Waals surface area (Å²) in [5.41, 5.74) is 1.13. The number of carboxylic acids is 1. The molecule has 104 valence electrons. The highest BCUT2D eigenvalue weighted by atomic mass is 16.4. The van der Waals surface area contributed by atoms with Crippen molar-refractivity contribution in [1.29, 1.82) is 0 Å². The van der Waals surface area contributed by atoms with Crippen LogP contribution in [0.3, 0.4) is 0 Å². The van der Waals surface area contributed by atoms with Gasteiger partial charge in [0.1, 0.15) is 11.8 Å². The average molecular weight is 263 g/mol. The highest BCUT2D eigenvalue weighted by Crippen LogP contribution is 2.22. The van der Waals surface area contributed by atoms with Crippen LogP contribution < -0.4 is 0 Å². The normalized spacial score (nSPS) is 22.1. The highest BCUT2D eigenvalue weighted by Gasteiger charge is 2.31. The molecule has 1 aliphatic rings. The Morgan fingerprint density at radius 1 is 1.37 bits per heavy atom. The fraction of sp³-hybridized carbons (Fsp3) is 0.533. The number of hydrogen-bond donors (Lipinski definition) is 2. The molecule has 0 spiro atoms. The van der Waals surface area contributed by atoms with Gasteiger partial charge >= 0.3 is 5.97 Å². The molecule has 0 aliphatic carbocycles. The second kappa shape index (κ2) is 6.06. The summed E-state index contributed by atoms with van der Waals surface area (Å²) in [5.74, 6) is -0.449. The number of carbonyl (C=O) groups is 1. The molecule has 1 heterocycles. The summed E-state index contributed by atoms with van der Waals surface area (Å²) >= 11 is 0. The van der Waals surface area contributed by atoms with Gasteiger partial charge in [0.05, 0.1) is 0 Å². The van der Waals surface area contributed by atoms with Crippen molar-refractivity contribution in [2.75, 3.05) is 6.54 Å². The van der Waals surface area contributed by atoms with Crippen LogP contribution in [0.1, 0.15) is 31.7 Å². The van der Waals surface area contributed by atoms with E-state index in [1.54, 1.807) is 12.1 Å². The zero-order valence-corrected chi connectivity index (χ0v) is 11.2. The average Bonchev–Trinajstić information content (AvgIpc) is 2.41. The molecular formula is C15H21NO3. The number of likely N-dealkylation sites (tertiary alicyclic amines) is 1. The Labute approximate surface area is 113 Å². The number of carboxylic acid groups (broad SMARTS) is 1. The summed E-state index contributed by atoms with van der Waals surface area (Å²) in [6, 6.07) is 6.99. The van der Waals surface area contributed by atoms with E-state index in [0.29, 0.717) is 0 Å². The van der Waals surface area contributed by atoms with Crippen LogP contribution in [0.5, 0.6) is 5.75 Å². The lowest BCUT2D eigenvalue weighted by Gasteiger charge is -2.37. The summed E-state index contributed by atoms with van der Waals surface area (Å²) < 4.78 is 0. The van der Waals surface area contributed by atoms with Crippen LogP contribution in [0.25, 0.3) is 0 Å². The molecule has 2 atom stereocenters. The maximum absolute atomic E-state index is 11.3. The molecule has 1 fully saturated rings. The van der Waals surface area contributed by atoms with E-state index in [1.165, 1.54) is 0 Å². The van der Waals surface area contributed by atoms with Gasteiger partial charge in [-0.3, -0.25) is 9.69 Å². The monoisotopic (exact) mass is 263 g/mol. The van der Waals surface area contributed by atoms with Gasteiger partial charge in [-0.25, -0.2) is 0 Å². The quantitative estimate of drug-likeness (QED) is 0.874. The number of benzene rings is 1. The van der Waals surface area contributed by atoms with Crippen molar-refractivity contribution in [3.8, 4) is 5.75 Å². The van der Waals surface area contributed by atoms with Crippen molar-refractivity contribution in [3.63, 3.8) is 0 Å². The summed E-state index contributed by atoms with van der Waals surface area (Å²) in [7, 11) is 0. The van der Waals surface area contributed by atoms with E-state index < -0.39 is 5.97 Å². The third-order valence-electron chi connectivity index (χ3n) is 3.86. The molecule has 1 aromatic carbocycles. The van der Waals surface area contributed by atoms with Crippen molar-refractivity contribution in [2.45, 2.75) is 44.7 Å². The third kappa shape index (κ3) is 3.47. The number of hydrogen-bond acceptors (Lipinski definition) is 3. The molecule has 4 nitrogen and oxygen atoms in total. The van der Waals surface area contributed by atoms with E-state index in [4.69, 9.17) is 0 Å². The van der Waals surface area contributed by atoms with Gasteiger partial charge in [0.2, 0.25) is 0 Å². The van der Waals surface area contributed by atoms with Gasteiger partial charge < -0.3 is 10.2 Å². The van der Waals surface area contributed by atoms with Crippen molar-refractivity contribution in [1.82, 2.24) is 4.90 Å². The van der Waals surface area contributed by atoms with E-state index in [0.717, 1.165) is 37.8 Å². The van der Waals surface area contributed by atoms with E-state index >= 15 is 0 Å². The first-order valence-electron chi connectivity index (χ1n) is 6.84.